The van der Waals surface area contributed by atoms with Gasteiger partial charge in [-0.1, -0.05) is 64.5 Å². The average molecular weight is 768 g/mol. The molecule has 52 heavy (non-hydrogen) atoms. The van der Waals surface area contributed by atoms with Crippen molar-refractivity contribution in [2.75, 3.05) is 6.54 Å². The largest absolute Gasteiger partial charge is 0.490 e. The van der Waals surface area contributed by atoms with E-state index in [2.05, 4.69) is 113 Å². The van der Waals surface area contributed by atoms with Gasteiger partial charge in [0, 0.05) is 35.3 Å². The van der Waals surface area contributed by atoms with Gasteiger partial charge in [-0.05, 0) is 65.6 Å². The molecular formula is C39H32BrF3N7O2+. The van der Waals surface area contributed by atoms with Crippen LogP contribution in [-0.2, 0) is 37.4 Å². The van der Waals surface area contributed by atoms with Crippen LogP contribution in [0.2, 0.25) is 0 Å². The van der Waals surface area contributed by atoms with Crippen molar-refractivity contribution in [2.24, 2.45) is 0 Å². The number of pyridine rings is 1. The standard InChI is InChI=1S/C37H31BrN7.C2HF3O2/c38-34-15-13-28(14-16-34)17-19-43(26-37-42-41-27-45(37)24-32-11-7-30(22-40)8-12-32)25-33-18-20-44(36-4-2-1-3-35(33)36)23-31-9-5-29(21-39)6-10-31;3-2(4,5)1(6)7/h1-16,18,20,27H,17,19,23-26H2;(H,6,7)/q+1;. The van der Waals surface area contributed by atoms with Crippen LogP contribution in [0.5, 0.6) is 0 Å². The van der Waals surface area contributed by atoms with Gasteiger partial charge in [-0.25, -0.2) is 4.79 Å². The van der Waals surface area contributed by atoms with Crippen molar-refractivity contribution in [2.45, 2.75) is 38.8 Å². The van der Waals surface area contributed by atoms with Crippen LogP contribution in [0, 0.1) is 22.7 Å². The molecule has 2 heterocycles. The highest BCUT2D eigenvalue weighted by Gasteiger charge is 2.38. The molecule has 0 atom stereocenters. The van der Waals surface area contributed by atoms with Crippen molar-refractivity contribution in [1.29, 1.82) is 10.5 Å². The van der Waals surface area contributed by atoms with Crippen molar-refractivity contribution in [1.82, 2.24) is 19.7 Å². The number of alkyl halides is 3. The lowest BCUT2D eigenvalue weighted by molar-refractivity contribution is -0.662. The van der Waals surface area contributed by atoms with E-state index in [1.54, 1.807) is 6.33 Å². The fourth-order valence-electron chi connectivity index (χ4n) is 5.51. The highest BCUT2D eigenvalue weighted by Crippen LogP contribution is 2.20. The summed E-state index contributed by atoms with van der Waals surface area (Å²) >= 11 is 3.55. The smallest absolute Gasteiger partial charge is 0.475 e. The van der Waals surface area contributed by atoms with Gasteiger partial charge in [0.1, 0.15) is 12.2 Å². The number of hydrogen-bond donors (Lipinski definition) is 1. The molecule has 0 fully saturated rings. The molecular weight excluding hydrogens is 735 g/mol. The molecule has 6 aromatic rings. The zero-order valence-corrected chi connectivity index (χ0v) is 29.3. The zero-order chi connectivity index (χ0) is 37.1. The number of carbonyl (C=O) groups is 1. The van der Waals surface area contributed by atoms with Crippen LogP contribution in [0.25, 0.3) is 10.9 Å². The Morgan fingerprint density at radius 1 is 0.846 bits per heavy atom. The van der Waals surface area contributed by atoms with Gasteiger partial charge in [0.05, 0.1) is 41.7 Å². The topological polar surface area (TPSA) is 123 Å². The second kappa shape index (κ2) is 17.4. The molecule has 0 unspecified atom stereocenters. The molecule has 0 bridgehead atoms. The first kappa shape index (κ1) is 37.4. The summed E-state index contributed by atoms with van der Waals surface area (Å²) in [4.78, 5) is 11.3. The number of para-hydroxylation sites is 1. The number of carboxylic acid groups (broad SMARTS) is 1. The number of aromatic nitrogens is 4. The second-order valence-electron chi connectivity index (χ2n) is 11.9. The van der Waals surface area contributed by atoms with Crippen LogP contribution < -0.4 is 4.57 Å². The van der Waals surface area contributed by atoms with Gasteiger partial charge in [-0.3, -0.25) is 4.90 Å². The molecule has 262 valence electrons. The predicted octanol–water partition coefficient (Wildman–Crippen LogP) is 7.20. The van der Waals surface area contributed by atoms with Crippen molar-refractivity contribution in [3.63, 3.8) is 0 Å². The maximum Gasteiger partial charge on any atom is 0.490 e. The first-order valence-electron chi connectivity index (χ1n) is 16.0. The Balaban J connectivity index is 0.000000679. The fraction of sp³-hybridized carbons (Fsp3) is 0.179. The summed E-state index contributed by atoms with van der Waals surface area (Å²) in [5.74, 6) is -1.86. The van der Waals surface area contributed by atoms with Crippen molar-refractivity contribution >= 4 is 32.8 Å². The summed E-state index contributed by atoms with van der Waals surface area (Å²) in [6.45, 7) is 3.59. The molecule has 0 radical (unpaired) electrons. The summed E-state index contributed by atoms with van der Waals surface area (Å²) in [5, 5.41) is 35.5. The third kappa shape index (κ3) is 10.3. The number of nitrogens with zero attached hydrogens (tertiary/aromatic N) is 7. The molecule has 0 aliphatic rings. The molecule has 0 amide bonds. The predicted molar refractivity (Wildman–Crippen MR) is 190 cm³/mol. The maximum atomic E-state index is 10.6. The maximum absolute atomic E-state index is 10.6. The third-order valence-corrected chi connectivity index (χ3v) is 8.74. The molecule has 0 aliphatic carbocycles. The Morgan fingerprint density at radius 2 is 1.44 bits per heavy atom. The number of nitriles is 2. The van der Waals surface area contributed by atoms with E-state index in [1.807, 2.05) is 48.5 Å². The quantitative estimate of drug-likeness (QED) is 0.139. The van der Waals surface area contributed by atoms with E-state index in [-0.39, 0.29) is 0 Å². The van der Waals surface area contributed by atoms with E-state index in [1.165, 1.54) is 16.5 Å². The highest BCUT2D eigenvalue weighted by molar-refractivity contribution is 9.10. The van der Waals surface area contributed by atoms with E-state index in [9.17, 15) is 18.4 Å². The number of hydrogen-bond acceptors (Lipinski definition) is 6. The van der Waals surface area contributed by atoms with Crippen LogP contribution in [0.1, 0.15) is 39.2 Å². The number of rotatable bonds is 11. The molecule has 2 aromatic heterocycles. The fourth-order valence-corrected chi connectivity index (χ4v) is 5.78. The molecule has 1 N–H and O–H groups in total. The Kier molecular flexibility index (Phi) is 12.5. The first-order valence-corrected chi connectivity index (χ1v) is 16.8. The lowest BCUT2D eigenvalue weighted by Gasteiger charge is -2.23. The van der Waals surface area contributed by atoms with Crippen LogP contribution in [0.3, 0.4) is 0 Å². The normalized spacial score (nSPS) is 11.1. The molecule has 0 saturated heterocycles. The number of halogens is 4. The lowest BCUT2D eigenvalue weighted by Crippen LogP contribution is -2.35. The Bertz CT molecular complexity index is 2210. The Labute approximate surface area is 306 Å². The minimum absolute atomic E-state index is 0.637. The average Bonchev–Trinajstić information content (AvgIpc) is 3.58. The molecule has 4 aromatic carbocycles. The van der Waals surface area contributed by atoms with Gasteiger partial charge in [0.2, 0.25) is 5.52 Å². The summed E-state index contributed by atoms with van der Waals surface area (Å²) in [6.07, 6.45) is -0.235. The van der Waals surface area contributed by atoms with E-state index < -0.39 is 12.1 Å². The number of fused-ring (bicyclic) bond motifs is 1. The summed E-state index contributed by atoms with van der Waals surface area (Å²) < 4.78 is 37.2. The summed E-state index contributed by atoms with van der Waals surface area (Å²) in [6, 6.07) is 39.1. The van der Waals surface area contributed by atoms with Crippen LogP contribution >= 0.6 is 15.9 Å². The van der Waals surface area contributed by atoms with E-state index in [0.29, 0.717) is 24.2 Å². The van der Waals surface area contributed by atoms with Gasteiger partial charge in [0.15, 0.2) is 12.7 Å². The van der Waals surface area contributed by atoms with Gasteiger partial charge in [0.25, 0.3) is 0 Å². The minimum Gasteiger partial charge on any atom is -0.475 e. The van der Waals surface area contributed by atoms with Crippen molar-refractivity contribution in [3.05, 3.63) is 159 Å². The monoisotopic (exact) mass is 766 g/mol. The zero-order valence-electron chi connectivity index (χ0n) is 27.7. The molecule has 6 rings (SSSR count). The van der Waals surface area contributed by atoms with E-state index in [4.69, 9.17) is 15.2 Å². The first-order chi connectivity index (χ1) is 25.0. The second-order valence-corrected chi connectivity index (χ2v) is 12.8. The molecule has 0 saturated carbocycles. The number of aliphatic carboxylic acids is 1. The molecule has 0 spiro atoms. The SMILES string of the molecule is N#Cc1ccc(Cn2cnnc2CN(CCc2ccc(Br)cc2)Cc2cc[n+](Cc3ccc(C#N)cc3)c3ccccc23)cc1.O=C(O)C(F)(F)F. The van der Waals surface area contributed by atoms with Crippen molar-refractivity contribution in [3.8, 4) is 12.1 Å². The Morgan fingerprint density at radius 3 is 2.06 bits per heavy atom. The van der Waals surface area contributed by atoms with Gasteiger partial charge in [-0.2, -0.15) is 28.3 Å². The molecule has 13 heteroatoms. The highest BCUT2D eigenvalue weighted by atomic mass is 79.9. The van der Waals surface area contributed by atoms with E-state index in [0.717, 1.165) is 53.0 Å². The lowest BCUT2D eigenvalue weighted by atomic mass is 10.1. The molecule has 0 aliphatic heterocycles. The van der Waals surface area contributed by atoms with E-state index >= 15 is 0 Å². The van der Waals surface area contributed by atoms with Gasteiger partial charge < -0.3 is 9.67 Å². The number of carboxylic acids is 1. The van der Waals surface area contributed by atoms with Gasteiger partial charge >= 0.3 is 12.1 Å². The van der Waals surface area contributed by atoms with Crippen LogP contribution in [0.4, 0.5) is 13.2 Å². The third-order valence-electron chi connectivity index (χ3n) is 8.21. The van der Waals surface area contributed by atoms with Crippen molar-refractivity contribution < 1.29 is 27.6 Å². The minimum atomic E-state index is -5.08. The Hall–Kier alpha value is -5.89. The van der Waals surface area contributed by atoms with Crippen LogP contribution in [-0.4, -0.2) is 43.5 Å². The summed E-state index contributed by atoms with van der Waals surface area (Å²) in [5.41, 5.74) is 7.24. The summed E-state index contributed by atoms with van der Waals surface area (Å²) in [7, 11) is 0. The van der Waals surface area contributed by atoms with Crippen LogP contribution in [0.15, 0.2) is 120 Å². The number of benzene rings is 4. The molecule has 9 nitrogen and oxygen atoms in total. The van der Waals surface area contributed by atoms with Gasteiger partial charge in [-0.15, -0.1) is 10.2 Å².